The van der Waals surface area contributed by atoms with Crippen LogP contribution in [0.2, 0.25) is 0 Å². The Bertz CT molecular complexity index is 330. The fourth-order valence-electron chi connectivity index (χ4n) is 1.66. The summed E-state index contributed by atoms with van der Waals surface area (Å²) in [4.78, 5) is 22.3. The van der Waals surface area contributed by atoms with Crippen LogP contribution in [0.4, 0.5) is 4.79 Å². The highest BCUT2D eigenvalue weighted by atomic mass is 16.6. The van der Waals surface area contributed by atoms with Crippen molar-refractivity contribution in [2.24, 2.45) is 5.92 Å². The van der Waals surface area contributed by atoms with Gasteiger partial charge in [0.25, 0.3) is 0 Å². The third kappa shape index (κ3) is 4.89. The van der Waals surface area contributed by atoms with Crippen LogP contribution in [0.5, 0.6) is 0 Å². The van der Waals surface area contributed by atoms with E-state index in [9.17, 15) is 9.59 Å². The molecule has 0 aromatic carbocycles. The number of aliphatic carboxylic acids is 1. The third-order valence-electron chi connectivity index (χ3n) is 2.38. The molecule has 0 heterocycles. The molecular formula is C12H19NO4. The molecule has 0 aromatic heterocycles. The second-order valence-corrected chi connectivity index (χ2v) is 5.19. The molecule has 0 fully saturated rings. The number of carboxylic acid groups (broad SMARTS) is 1. The van der Waals surface area contributed by atoms with Crippen molar-refractivity contribution in [2.75, 3.05) is 0 Å². The van der Waals surface area contributed by atoms with Gasteiger partial charge in [0.05, 0.1) is 12.0 Å². The molecule has 1 aliphatic rings. The van der Waals surface area contributed by atoms with Crippen molar-refractivity contribution in [1.82, 2.24) is 5.32 Å². The number of hydrogen-bond donors (Lipinski definition) is 2. The number of allylic oxidation sites excluding steroid dienone is 1. The molecule has 0 radical (unpaired) electrons. The molecule has 0 bridgehead atoms. The summed E-state index contributed by atoms with van der Waals surface area (Å²) < 4.78 is 5.10. The number of amides is 1. The number of hydrogen-bond acceptors (Lipinski definition) is 3. The van der Waals surface area contributed by atoms with Crippen molar-refractivity contribution in [3.63, 3.8) is 0 Å². The summed E-state index contributed by atoms with van der Waals surface area (Å²) in [5.74, 6) is -1.26. The number of alkyl carbamates (subject to hydrolysis) is 1. The van der Waals surface area contributed by atoms with Gasteiger partial charge in [0.1, 0.15) is 5.60 Å². The van der Waals surface area contributed by atoms with Gasteiger partial charge >= 0.3 is 12.1 Å². The van der Waals surface area contributed by atoms with Gasteiger partial charge in [-0.2, -0.15) is 0 Å². The average Bonchev–Trinajstić information content (AvgIpc) is 2.14. The van der Waals surface area contributed by atoms with Gasteiger partial charge in [0.15, 0.2) is 0 Å². The summed E-state index contributed by atoms with van der Waals surface area (Å²) in [5.41, 5.74) is -0.547. The summed E-state index contributed by atoms with van der Waals surface area (Å²) in [5, 5.41) is 11.5. The van der Waals surface area contributed by atoms with E-state index in [4.69, 9.17) is 9.84 Å². The minimum atomic E-state index is -0.828. The van der Waals surface area contributed by atoms with Crippen LogP contribution in [0.25, 0.3) is 0 Å². The Labute approximate surface area is 101 Å². The molecule has 0 saturated carbocycles. The first-order chi connectivity index (χ1) is 7.78. The minimum absolute atomic E-state index is 0.264. The van der Waals surface area contributed by atoms with Gasteiger partial charge in [-0.05, 0) is 33.6 Å². The number of rotatable bonds is 2. The number of carboxylic acids is 1. The standard InChI is InChI=1S/C12H19NO4/c1-12(2,3)17-11(16)13-9-6-4-5-8(7-9)10(14)15/h4,6,8-9H,5,7H2,1-3H3,(H,13,16)(H,14,15)/t8-,9-/m1/s1. The highest BCUT2D eigenvalue weighted by molar-refractivity contribution is 5.71. The quantitative estimate of drug-likeness (QED) is 0.724. The topological polar surface area (TPSA) is 75.6 Å². The molecule has 1 aliphatic carbocycles. The van der Waals surface area contributed by atoms with Crippen LogP contribution >= 0.6 is 0 Å². The van der Waals surface area contributed by atoms with E-state index < -0.39 is 23.6 Å². The van der Waals surface area contributed by atoms with Crippen molar-refractivity contribution in [3.05, 3.63) is 12.2 Å². The van der Waals surface area contributed by atoms with E-state index in [0.717, 1.165) is 0 Å². The molecule has 0 unspecified atom stereocenters. The van der Waals surface area contributed by atoms with Gasteiger partial charge in [-0.1, -0.05) is 12.2 Å². The zero-order valence-electron chi connectivity index (χ0n) is 10.4. The predicted molar refractivity (Wildman–Crippen MR) is 62.7 cm³/mol. The zero-order valence-corrected chi connectivity index (χ0v) is 10.4. The maximum Gasteiger partial charge on any atom is 0.408 e. The molecule has 0 aliphatic heterocycles. The molecule has 5 heteroatoms. The highest BCUT2D eigenvalue weighted by Crippen LogP contribution is 2.19. The minimum Gasteiger partial charge on any atom is -0.481 e. The van der Waals surface area contributed by atoms with Crippen LogP contribution in [0, 0.1) is 5.92 Å². The second-order valence-electron chi connectivity index (χ2n) is 5.19. The van der Waals surface area contributed by atoms with Gasteiger partial charge in [0, 0.05) is 0 Å². The average molecular weight is 241 g/mol. The molecule has 5 nitrogen and oxygen atoms in total. The fourth-order valence-corrected chi connectivity index (χ4v) is 1.66. The number of carbonyl (C=O) groups excluding carboxylic acids is 1. The summed E-state index contributed by atoms with van der Waals surface area (Å²) in [7, 11) is 0. The van der Waals surface area contributed by atoms with E-state index in [1.807, 2.05) is 6.08 Å². The first-order valence-corrected chi connectivity index (χ1v) is 5.67. The molecule has 0 spiro atoms. The van der Waals surface area contributed by atoms with Gasteiger partial charge in [0.2, 0.25) is 0 Å². The number of carbonyl (C=O) groups is 2. The van der Waals surface area contributed by atoms with Gasteiger partial charge in [-0.15, -0.1) is 0 Å². The molecule has 1 rings (SSSR count). The fraction of sp³-hybridized carbons (Fsp3) is 0.667. The Hall–Kier alpha value is -1.52. The van der Waals surface area contributed by atoms with Crippen molar-refractivity contribution in [2.45, 2.75) is 45.3 Å². The SMILES string of the molecule is CC(C)(C)OC(=O)N[C@@H]1C=CC[C@@H](C(=O)O)C1. The molecule has 2 atom stereocenters. The Morgan fingerprint density at radius 1 is 1.41 bits per heavy atom. The summed E-state index contributed by atoms with van der Waals surface area (Å²) in [6.07, 6.45) is 4.00. The van der Waals surface area contributed by atoms with Crippen LogP contribution in [0.1, 0.15) is 33.6 Å². The molecular weight excluding hydrogens is 222 g/mol. The van der Waals surface area contributed by atoms with Crippen molar-refractivity contribution in [1.29, 1.82) is 0 Å². The van der Waals surface area contributed by atoms with Crippen molar-refractivity contribution in [3.8, 4) is 0 Å². The van der Waals surface area contributed by atoms with E-state index >= 15 is 0 Å². The van der Waals surface area contributed by atoms with E-state index in [1.54, 1.807) is 26.8 Å². The third-order valence-corrected chi connectivity index (χ3v) is 2.38. The monoisotopic (exact) mass is 241 g/mol. The van der Waals surface area contributed by atoms with E-state index in [2.05, 4.69) is 5.32 Å². The first-order valence-electron chi connectivity index (χ1n) is 5.67. The summed E-state index contributed by atoms with van der Waals surface area (Å²) in [6.45, 7) is 5.34. The van der Waals surface area contributed by atoms with Crippen LogP contribution in [-0.4, -0.2) is 28.8 Å². The molecule has 0 saturated heterocycles. The first kappa shape index (κ1) is 13.5. The largest absolute Gasteiger partial charge is 0.481 e. The van der Waals surface area contributed by atoms with E-state index in [-0.39, 0.29) is 6.04 Å². The maximum atomic E-state index is 11.5. The lowest BCUT2D eigenvalue weighted by Gasteiger charge is -2.25. The Morgan fingerprint density at radius 3 is 2.59 bits per heavy atom. The maximum absolute atomic E-state index is 11.5. The lowest BCUT2D eigenvalue weighted by atomic mass is 9.91. The summed E-state index contributed by atoms with van der Waals surface area (Å²) in [6, 6.07) is -0.264. The van der Waals surface area contributed by atoms with Crippen LogP contribution in [0.3, 0.4) is 0 Å². The van der Waals surface area contributed by atoms with Crippen LogP contribution in [-0.2, 0) is 9.53 Å². The number of ether oxygens (including phenoxy) is 1. The Morgan fingerprint density at radius 2 is 2.06 bits per heavy atom. The highest BCUT2D eigenvalue weighted by Gasteiger charge is 2.26. The van der Waals surface area contributed by atoms with Gasteiger partial charge in [-0.3, -0.25) is 4.79 Å². The molecule has 96 valence electrons. The predicted octanol–water partition coefficient (Wildman–Crippen LogP) is 1.93. The molecule has 0 aromatic rings. The van der Waals surface area contributed by atoms with Crippen LogP contribution in [0.15, 0.2) is 12.2 Å². The lowest BCUT2D eigenvalue weighted by molar-refractivity contribution is -0.142. The van der Waals surface area contributed by atoms with E-state index in [1.165, 1.54) is 0 Å². The molecule has 2 N–H and O–H groups in total. The van der Waals surface area contributed by atoms with Gasteiger partial charge in [-0.25, -0.2) is 4.79 Å². The van der Waals surface area contributed by atoms with Crippen LogP contribution < -0.4 is 5.32 Å². The second kappa shape index (κ2) is 5.21. The van der Waals surface area contributed by atoms with Crippen molar-refractivity contribution < 1.29 is 19.4 Å². The Balaban J connectivity index is 2.47. The smallest absolute Gasteiger partial charge is 0.408 e. The van der Waals surface area contributed by atoms with E-state index in [0.29, 0.717) is 12.8 Å². The normalized spacial score (nSPS) is 24.2. The molecule has 1 amide bonds. The lowest BCUT2D eigenvalue weighted by Crippen LogP contribution is -2.40. The zero-order chi connectivity index (χ0) is 13.1. The summed E-state index contributed by atoms with van der Waals surface area (Å²) >= 11 is 0. The van der Waals surface area contributed by atoms with Crippen molar-refractivity contribution >= 4 is 12.1 Å². The Kier molecular flexibility index (Phi) is 4.15. The molecule has 17 heavy (non-hydrogen) atoms. The number of nitrogens with one attached hydrogen (secondary N) is 1. The van der Waals surface area contributed by atoms with Gasteiger partial charge < -0.3 is 15.2 Å².